The first-order valence-corrected chi connectivity index (χ1v) is 11.8. The van der Waals surface area contributed by atoms with Crippen LogP contribution in [0.1, 0.15) is 6.42 Å². The molecular weight excluding hydrogens is 791 g/mol. The van der Waals surface area contributed by atoms with Gasteiger partial charge in [0.2, 0.25) is 0 Å². The van der Waals surface area contributed by atoms with Crippen LogP contribution < -0.4 is 10.4 Å². The van der Waals surface area contributed by atoms with Crippen LogP contribution in [0.15, 0.2) is 0 Å². The number of hydrogen-bond acceptors (Lipinski definition) is 3. The Morgan fingerprint density at radius 3 is 1.00 bits per heavy atom. The van der Waals surface area contributed by atoms with E-state index in [9.17, 15) is 124 Å². The van der Waals surface area contributed by atoms with Crippen LogP contribution >= 0.6 is 0 Å². The van der Waals surface area contributed by atoms with Crippen molar-refractivity contribution in [2.45, 2.75) is 77.7 Å². The molecule has 0 radical (unpaired) electrons. The minimum atomic E-state index is -9.70. The molecule has 0 fully saturated rings. The molecule has 0 atom stereocenters. The number of carbonyl (C=O) groups excluding carboxylic acids is 2. The van der Waals surface area contributed by atoms with Crippen LogP contribution in [-0.2, 0) is 9.59 Å². The predicted molar refractivity (Wildman–Crippen MR) is 105 cm³/mol. The molecule has 0 unspecified atom stereocenters. The molecule has 0 aromatic rings. The van der Waals surface area contributed by atoms with Crippen LogP contribution in [0.3, 0.4) is 0 Å². The van der Waals surface area contributed by atoms with Crippen molar-refractivity contribution < 1.29 is 129 Å². The number of carboxylic acids is 1. The molecular formula is C20H15F25N2O3. The Balaban J connectivity index is 6.91. The summed E-state index contributed by atoms with van der Waals surface area (Å²) in [5.41, 5.74) is 0. The molecule has 1 N–H and O–H groups in total. The number of amides is 1. The lowest BCUT2D eigenvalue weighted by molar-refractivity contribution is -0.884. The minimum Gasteiger partial charge on any atom is -0.544 e. The number of carbonyl (C=O) groups is 2. The van der Waals surface area contributed by atoms with Gasteiger partial charge in [-0.25, -0.2) is 0 Å². The van der Waals surface area contributed by atoms with Gasteiger partial charge in [0.05, 0.1) is 26.6 Å². The van der Waals surface area contributed by atoms with Gasteiger partial charge in [0, 0.05) is 13.0 Å². The molecule has 0 aliphatic rings. The third-order valence-electron chi connectivity index (χ3n) is 6.37. The van der Waals surface area contributed by atoms with Crippen molar-refractivity contribution in [3.63, 3.8) is 0 Å². The topological polar surface area (TPSA) is 69.2 Å². The van der Waals surface area contributed by atoms with E-state index in [4.69, 9.17) is 0 Å². The summed E-state index contributed by atoms with van der Waals surface area (Å²) in [6.07, 6.45) is -9.03. The van der Waals surface area contributed by atoms with Gasteiger partial charge in [0.1, 0.15) is 6.54 Å². The Bertz CT molecular complexity index is 1260. The van der Waals surface area contributed by atoms with Crippen LogP contribution in [0.25, 0.3) is 0 Å². The van der Waals surface area contributed by atoms with Crippen molar-refractivity contribution in [2.24, 2.45) is 0 Å². The summed E-state index contributed by atoms with van der Waals surface area (Å²) in [7, 11) is 2.09. The highest BCUT2D eigenvalue weighted by Crippen LogP contribution is 2.67. The zero-order valence-electron chi connectivity index (χ0n) is 23.4. The fraction of sp³-hybridized carbons (Fsp3) is 0.900. The lowest BCUT2D eigenvalue weighted by Gasteiger charge is -2.45. The number of nitrogens with zero attached hydrogens (tertiary/aromatic N) is 1. The fourth-order valence-corrected chi connectivity index (χ4v) is 3.34. The second-order valence-corrected chi connectivity index (χ2v) is 10.6. The number of nitrogens with one attached hydrogen (secondary N) is 1. The molecule has 0 rings (SSSR count). The number of likely N-dealkylation sites (N-methyl/N-ethyl adjacent to an activating group) is 1. The quantitative estimate of drug-likeness (QED) is 0.114. The van der Waals surface area contributed by atoms with Crippen molar-refractivity contribution in [1.82, 2.24) is 5.32 Å². The Hall–Kier alpha value is -2.85. The molecule has 30 heteroatoms. The monoisotopic (exact) mass is 806 g/mol. The highest BCUT2D eigenvalue weighted by Gasteiger charge is 2.99. The lowest BCUT2D eigenvalue weighted by Crippen LogP contribution is -2.78. The van der Waals surface area contributed by atoms with E-state index in [1.165, 1.54) is 0 Å². The number of alkyl halides is 25. The first-order chi connectivity index (χ1) is 21.3. The van der Waals surface area contributed by atoms with Crippen molar-refractivity contribution in [3.05, 3.63) is 0 Å². The second kappa shape index (κ2) is 12.7. The molecule has 0 aliphatic carbocycles. The maximum absolute atomic E-state index is 14.0. The summed E-state index contributed by atoms with van der Waals surface area (Å²) in [6.45, 7) is -2.89. The predicted octanol–water partition coefficient (Wildman–Crippen LogP) is 5.87. The van der Waals surface area contributed by atoms with Crippen molar-refractivity contribution >= 4 is 11.9 Å². The van der Waals surface area contributed by atoms with Crippen LogP contribution in [0.2, 0.25) is 0 Å². The number of aliphatic carboxylic acids is 1. The van der Waals surface area contributed by atoms with E-state index in [0.29, 0.717) is 5.32 Å². The summed E-state index contributed by atoms with van der Waals surface area (Å²) in [4.78, 5) is 21.9. The second-order valence-electron chi connectivity index (χ2n) is 10.6. The van der Waals surface area contributed by atoms with Gasteiger partial charge >= 0.3 is 71.3 Å². The average Bonchev–Trinajstić information content (AvgIpc) is 2.88. The average molecular weight is 806 g/mol. The van der Waals surface area contributed by atoms with Gasteiger partial charge in [-0.2, -0.15) is 110 Å². The normalized spacial score (nSPS) is 16.1. The summed E-state index contributed by atoms with van der Waals surface area (Å²) in [5, 5.41) is 11.1. The SMILES string of the molecule is C[N+](C)(CCCNC(=O)C(F)(F)C(F)(F)C(F)(F)C(F)(F)C(F)(F)C(F)(F)C(F)(F)C(F)(F)C(F)(F)C(F)(F)C(F)(F)C(F)(F)F)CC(=O)[O-]. The molecule has 5 nitrogen and oxygen atoms in total. The highest BCUT2D eigenvalue weighted by molar-refractivity contribution is 5.84. The van der Waals surface area contributed by atoms with Crippen LogP contribution in [0.4, 0.5) is 110 Å². The Morgan fingerprint density at radius 2 is 0.740 bits per heavy atom. The first-order valence-electron chi connectivity index (χ1n) is 11.8. The molecule has 50 heavy (non-hydrogen) atoms. The minimum absolute atomic E-state index is 0.566. The van der Waals surface area contributed by atoms with Crippen LogP contribution in [0, 0.1) is 0 Å². The van der Waals surface area contributed by atoms with Gasteiger partial charge in [-0.05, 0) is 0 Å². The van der Waals surface area contributed by atoms with E-state index in [0.717, 1.165) is 14.1 Å². The molecule has 0 heterocycles. The lowest BCUT2D eigenvalue weighted by atomic mass is 9.84. The molecule has 0 saturated heterocycles. The number of halogens is 25. The van der Waals surface area contributed by atoms with Gasteiger partial charge < -0.3 is 19.7 Å². The van der Waals surface area contributed by atoms with Gasteiger partial charge in [-0.15, -0.1) is 0 Å². The molecule has 298 valence electrons. The van der Waals surface area contributed by atoms with E-state index in [1.54, 1.807) is 0 Å². The molecule has 0 aromatic carbocycles. The van der Waals surface area contributed by atoms with E-state index in [-0.39, 0.29) is 0 Å². The Labute approximate surface area is 258 Å². The van der Waals surface area contributed by atoms with Crippen LogP contribution in [-0.4, -0.2) is 121 Å². The van der Waals surface area contributed by atoms with Crippen molar-refractivity contribution in [1.29, 1.82) is 0 Å². The molecule has 0 spiro atoms. The maximum atomic E-state index is 14.0. The summed E-state index contributed by atoms with van der Waals surface area (Å²) in [5.74, 6) is -106. The smallest absolute Gasteiger partial charge is 0.460 e. The third-order valence-corrected chi connectivity index (χ3v) is 6.37. The fourth-order valence-electron chi connectivity index (χ4n) is 3.34. The number of quaternary nitrogens is 1. The highest BCUT2D eigenvalue weighted by atomic mass is 19.4. The Kier molecular flexibility index (Phi) is 12.0. The zero-order valence-corrected chi connectivity index (χ0v) is 23.4. The van der Waals surface area contributed by atoms with Gasteiger partial charge in [-0.1, -0.05) is 0 Å². The number of hydrogen-bond donors (Lipinski definition) is 1. The zero-order chi connectivity index (χ0) is 41.2. The van der Waals surface area contributed by atoms with E-state index in [1.807, 2.05) is 0 Å². The first kappa shape index (κ1) is 47.1. The van der Waals surface area contributed by atoms with Gasteiger partial charge in [0.15, 0.2) is 0 Å². The largest absolute Gasteiger partial charge is 0.544 e. The number of rotatable bonds is 17. The molecule has 0 saturated carbocycles. The summed E-state index contributed by atoms with van der Waals surface area (Å²) < 4.78 is 336. The van der Waals surface area contributed by atoms with Crippen molar-refractivity contribution in [3.8, 4) is 0 Å². The summed E-state index contributed by atoms with van der Waals surface area (Å²) in [6, 6.07) is 0. The van der Waals surface area contributed by atoms with Gasteiger partial charge in [0.25, 0.3) is 5.91 Å². The molecule has 0 aliphatic heterocycles. The molecule has 1 amide bonds. The van der Waals surface area contributed by atoms with Gasteiger partial charge in [-0.3, -0.25) is 4.79 Å². The number of carboxylic acid groups (broad SMARTS) is 1. The van der Waals surface area contributed by atoms with E-state index >= 15 is 0 Å². The third kappa shape index (κ3) is 6.64. The van der Waals surface area contributed by atoms with Crippen molar-refractivity contribution in [2.75, 3.05) is 33.7 Å². The standard InChI is InChI=1S/C20H15F25N2O3/c1-47(2,6-7(48)49)5-3-4-46-8(50)9(21,22)10(23,24)11(25,26)12(27,28)13(29,30)14(31,32)15(33,34)16(35,36)17(37,38)18(39,40)19(41,42)20(43,44)45/h3-6H2,1-2H3,(H-,46,48,49,50). The molecule has 0 aromatic heterocycles. The van der Waals surface area contributed by atoms with Crippen LogP contribution in [0.5, 0.6) is 0 Å². The maximum Gasteiger partial charge on any atom is 0.460 e. The molecule has 0 bridgehead atoms. The Morgan fingerprint density at radius 1 is 0.480 bits per heavy atom. The summed E-state index contributed by atoms with van der Waals surface area (Å²) >= 11 is 0. The van der Waals surface area contributed by atoms with E-state index in [2.05, 4.69) is 0 Å². The van der Waals surface area contributed by atoms with E-state index < -0.39 is 114 Å².